The molecule has 0 aliphatic rings. The standard InChI is InChI=1S/C19H21ClN6O4S/c1-10(15(27)14-16(21)25(3)19(29)26(4)17(14)28)31-18-23-22-13(24(18)2)9-30-12-8-6-5-7-11(12)20/h5-8,10H,9,21H2,1-4H3. The minimum absolute atomic E-state index is 0.129. The fraction of sp³-hybridized carbons (Fsp3) is 0.316. The molecule has 1 aromatic carbocycles. The number of para-hydroxylation sites is 1. The molecule has 0 aliphatic carbocycles. The Balaban J connectivity index is 1.78. The van der Waals surface area contributed by atoms with Crippen LogP contribution in [0.25, 0.3) is 0 Å². The van der Waals surface area contributed by atoms with E-state index in [1.807, 2.05) is 6.07 Å². The lowest BCUT2D eigenvalue weighted by Crippen LogP contribution is -2.42. The van der Waals surface area contributed by atoms with Gasteiger partial charge in [0.15, 0.2) is 16.8 Å². The van der Waals surface area contributed by atoms with Crippen molar-refractivity contribution in [2.24, 2.45) is 21.1 Å². The number of ketones is 1. The van der Waals surface area contributed by atoms with Gasteiger partial charge in [0.1, 0.15) is 23.7 Å². The molecule has 31 heavy (non-hydrogen) atoms. The van der Waals surface area contributed by atoms with E-state index >= 15 is 0 Å². The summed E-state index contributed by atoms with van der Waals surface area (Å²) >= 11 is 7.21. The van der Waals surface area contributed by atoms with Crippen molar-refractivity contribution in [2.45, 2.75) is 23.9 Å². The van der Waals surface area contributed by atoms with Gasteiger partial charge in [-0.15, -0.1) is 10.2 Å². The van der Waals surface area contributed by atoms with Gasteiger partial charge < -0.3 is 15.0 Å². The molecule has 0 saturated carbocycles. The molecule has 3 rings (SSSR count). The Labute approximate surface area is 186 Å². The van der Waals surface area contributed by atoms with Gasteiger partial charge in [0.2, 0.25) is 0 Å². The molecule has 0 aliphatic heterocycles. The molecule has 1 unspecified atom stereocenters. The van der Waals surface area contributed by atoms with Crippen molar-refractivity contribution in [1.82, 2.24) is 23.9 Å². The molecule has 0 bridgehead atoms. The lowest BCUT2D eigenvalue weighted by molar-refractivity contribution is 0.0992. The molecular weight excluding hydrogens is 444 g/mol. The summed E-state index contributed by atoms with van der Waals surface area (Å²) in [5, 5.41) is 8.44. The first-order valence-corrected chi connectivity index (χ1v) is 10.4. The van der Waals surface area contributed by atoms with Gasteiger partial charge in [-0.05, 0) is 19.1 Å². The van der Waals surface area contributed by atoms with Crippen LogP contribution in [0.3, 0.4) is 0 Å². The maximum absolute atomic E-state index is 12.9. The van der Waals surface area contributed by atoms with E-state index in [-0.39, 0.29) is 18.0 Å². The number of halogens is 1. The predicted octanol–water partition coefficient (Wildman–Crippen LogP) is 1.39. The first-order chi connectivity index (χ1) is 14.6. The minimum Gasteiger partial charge on any atom is -0.484 e. The Hall–Kier alpha value is -3.05. The van der Waals surface area contributed by atoms with E-state index in [1.165, 1.54) is 14.1 Å². The Morgan fingerprint density at radius 3 is 2.52 bits per heavy atom. The van der Waals surface area contributed by atoms with Gasteiger partial charge in [-0.25, -0.2) is 4.79 Å². The van der Waals surface area contributed by atoms with Crippen LogP contribution in [-0.2, 0) is 27.7 Å². The summed E-state index contributed by atoms with van der Waals surface area (Å²) < 4.78 is 9.29. The highest BCUT2D eigenvalue weighted by atomic mass is 35.5. The molecule has 10 nitrogen and oxygen atoms in total. The van der Waals surface area contributed by atoms with E-state index in [2.05, 4.69) is 10.2 Å². The fourth-order valence-corrected chi connectivity index (χ4v) is 3.87. The molecule has 1 atom stereocenters. The van der Waals surface area contributed by atoms with E-state index < -0.39 is 22.3 Å². The second-order valence-corrected chi connectivity index (χ2v) is 8.48. The summed E-state index contributed by atoms with van der Waals surface area (Å²) in [6.07, 6.45) is 0. The fourth-order valence-electron chi connectivity index (χ4n) is 2.78. The second-order valence-electron chi connectivity index (χ2n) is 6.77. The number of ether oxygens (including phenoxy) is 1. The summed E-state index contributed by atoms with van der Waals surface area (Å²) in [4.78, 5) is 37.4. The average molecular weight is 465 g/mol. The lowest BCUT2D eigenvalue weighted by atomic mass is 10.1. The molecule has 0 saturated heterocycles. The molecule has 164 valence electrons. The van der Waals surface area contributed by atoms with Crippen molar-refractivity contribution in [3.63, 3.8) is 0 Å². The Bertz CT molecular complexity index is 1270. The first kappa shape index (κ1) is 22.6. The molecule has 2 heterocycles. The van der Waals surface area contributed by atoms with Gasteiger partial charge in [0.25, 0.3) is 5.56 Å². The SMILES string of the molecule is CC(Sc1nnc(COc2ccccc2Cl)n1C)C(=O)c1c(N)n(C)c(=O)n(C)c1=O. The van der Waals surface area contributed by atoms with Gasteiger partial charge in [0.05, 0.1) is 10.3 Å². The molecule has 2 aromatic heterocycles. The molecule has 3 aromatic rings. The van der Waals surface area contributed by atoms with Crippen molar-refractivity contribution in [1.29, 1.82) is 0 Å². The number of nitrogen functional groups attached to an aromatic ring is 1. The van der Waals surface area contributed by atoms with Crippen molar-refractivity contribution < 1.29 is 9.53 Å². The van der Waals surface area contributed by atoms with Crippen molar-refractivity contribution in [3.8, 4) is 5.75 Å². The molecule has 12 heteroatoms. The number of carbonyl (C=O) groups is 1. The number of rotatable bonds is 7. The molecule has 0 fully saturated rings. The van der Waals surface area contributed by atoms with Crippen LogP contribution in [0, 0.1) is 0 Å². The summed E-state index contributed by atoms with van der Waals surface area (Å²) in [7, 11) is 4.44. The lowest BCUT2D eigenvalue weighted by Gasteiger charge is -2.14. The third kappa shape index (κ3) is 4.37. The van der Waals surface area contributed by atoms with Crippen LogP contribution in [0.5, 0.6) is 5.75 Å². The largest absolute Gasteiger partial charge is 0.484 e. The number of aromatic nitrogens is 5. The number of thioether (sulfide) groups is 1. The molecular formula is C19H21ClN6O4S. The summed E-state index contributed by atoms with van der Waals surface area (Å²) in [5.74, 6) is 0.374. The topological polar surface area (TPSA) is 127 Å². The second kappa shape index (κ2) is 8.98. The van der Waals surface area contributed by atoms with Crippen LogP contribution in [0.4, 0.5) is 5.82 Å². The van der Waals surface area contributed by atoms with Gasteiger partial charge in [-0.2, -0.15) is 0 Å². The van der Waals surface area contributed by atoms with E-state index in [1.54, 1.807) is 36.7 Å². The smallest absolute Gasteiger partial charge is 0.332 e. The highest BCUT2D eigenvalue weighted by molar-refractivity contribution is 8.00. The minimum atomic E-state index is -0.732. The van der Waals surface area contributed by atoms with Crippen LogP contribution >= 0.6 is 23.4 Å². The Morgan fingerprint density at radius 2 is 1.84 bits per heavy atom. The Morgan fingerprint density at radius 1 is 1.16 bits per heavy atom. The maximum atomic E-state index is 12.9. The Kier molecular flexibility index (Phi) is 6.56. The van der Waals surface area contributed by atoms with Crippen LogP contribution in [0.1, 0.15) is 23.1 Å². The van der Waals surface area contributed by atoms with E-state index in [0.29, 0.717) is 21.8 Å². The van der Waals surface area contributed by atoms with Crippen LogP contribution in [0.15, 0.2) is 39.0 Å². The number of hydrogen-bond donors (Lipinski definition) is 1. The van der Waals surface area contributed by atoms with E-state index in [0.717, 1.165) is 20.9 Å². The molecule has 0 spiro atoms. The first-order valence-electron chi connectivity index (χ1n) is 9.15. The number of nitrogens with two attached hydrogens (primary N) is 1. The number of nitrogens with zero attached hydrogens (tertiary/aromatic N) is 5. The third-order valence-electron chi connectivity index (χ3n) is 4.73. The monoisotopic (exact) mass is 464 g/mol. The van der Waals surface area contributed by atoms with Gasteiger partial charge in [0, 0.05) is 21.1 Å². The summed E-state index contributed by atoms with van der Waals surface area (Å²) in [6, 6.07) is 7.07. The van der Waals surface area contributed by atoms with Crippen LogP contribution in [0.2, 0.25) is 5.02 Å². The number of Topliss-reactive ketones (excluding diaryl/α,β-unsaturated/α-hetero) is 1. The van der Waals surface area contributed by atoms with Crippen LogP contribution in [-0.4, -0.2) is 34.9 Å². The number of benzene rings is 1. The van der Waals surface area contributed by atoms with Gasteiger partial charge in [-0.3, -0.25) is 18.7 Å². The zero-order valence-electron chi connectivity index (χ0n) is 17.3. The molecule has 0 amide bonds. The number of hydrogen-bond acceptors (Lipinski definition) is 8. The third-order valence-corrected chi connectivity index (χ3v) is 6.17. The van der Waals surface area contributed by atoms with Crippen molar-refractivity contribution in [2.75, 3.05) is 5.73 Å². The van der Waals surface area contributed by atoms with Crippen LogP contribution < -0.4 is 21.7 Å². The number of carbonyl (C=O) groups excluding carboxylic acids is 1. The normalized spacial score (nSPS) is 12.0. The summed E-state index contributed by atoms with van der Waals surface area (Å²) in [6.45, 7) is 1.76. The van der Waals surface area contributed by atoms with Crippen molar-refractivity contribution >= 4 is 35.0 Å². The summed E-state index contributed by atoms with van der Waals surface area (Å²) in [5.41, 5.74) is 4.32. The number of anilines is 1. The quantitative estimate of drug-likeness (QED) is 0.410. The van der Waals surface area contributed by atoms with E-state index in [9.17, 15) is 14.4 Å². The highest BCUT2D eigenvalue weighted by Crippen LogP contribution is 2.26. The average Bonchev–Trinajstić information content (AvgIpc) is 3.09. The van der Waals surface area contributed by atoms with E-state index in [4.69, 9.17) is 22.1 Å². The van der Waals surface area contributed by atoms with Crippen molar-refractivity contribution in [3.05, 3.63) is 61.5 Å². The predicted molar refractivity (Wildman–Crippen MR) is 118 cm³/mol. The molecule has 0 radical (unpaired) electrons. The zero-order chi connectivity index (χ0) is 22.9. The zero-order valence-corrected chi connectivity index (χ0v) is 18.9. The highest BCUT2D eigenvalue weighted by Gasteiger charge is 2.27. The molecule has 2 N–H and O–H groups in total. The van der Waals surface area contributed by atoms with Gasteiger partial charge >= 0.3 is 5.69 Å². The maximum Gasteiger partial charge on any atom is 0.332 e. The van der Waals surface area contributed by atoms with Gasteiger partial charge in [-0.1, -0.05) is 35.5 Å².